The molecule has 0 bridgehead atoms. The molecule has 0 atom stereocenters. The van der Waals surface area contributed by atoms with Gasteiger partial charge in [0.2, 0.25) is 5.95 Å². The summed E-state index contributed by atoms with van der Waals surface area (Å²) < 4.78 is 0. The third kappa shape index (κ3) is 2.40. The Kier molecular flexibility index (Phi) is 2.60. The van der Waals surface area contributed by atoms with Crippen LogP contribution in [0.25, 0.3) is 0 Å². The fraction of sp³-hybridized carbons (Fsp3) is 0.727. The van der Waals surface area contributed by atoms with Crippen molar-refractivity contribution < 1.29 is 0 Å². The zero-order valence-electron chi connectivity index (χ0n) is 9.32. The number of rotatable bonds is 4. The Balaban J connectivity index is 1.63. The van der Waals surface area contributed by atoms with E-state index in [-0.39, 0.29) is 0 Å². The number of nitrogens with zero attached hydrogens (tertiary/aromatic N) is 3. The van der Waals surface area contributed by atoms with E-state index < -0.39 is 0 Å². The minimum atomic E-state index is 0.573. The van der Waals surface area contributed by atoms with Crippen molar-refractivity contribution in [3.8, 4) is 0 Å². The van der Waals surface area contributed by atoms with Gasteiger partial charge in [0.05, 0.1) is 6.20 Å². The van der Waals surface area contributed by atoms with Gasteiger partial charge in [0.15, 0.2) is 5.82 Å². The zero-order valence-corrected chi connectivity index (χ0v) is 9.32. The van der Waals surface area contributed by atoms with Crippen LogP contribution < -0.4 is 10.6 Å². The lowest BCUT2D eigenvalue weighted by molar-refractivity contribution is 0.746. The quantitative estimate of drug-likeness (QED) is 0.808. The van der Waals surface area contributed by atoms with Crippen molar-refractivity contribution in [2.24, 2.45) is 0 Å². The second-order valence-electron chi connectivity index (χ2n) is 4.71. The first-order valence-corrected chi connectivity index (χ1v) is 6.13. The molecule has 0 aromatic carbocycles. The number of hydrogen-bond donors (Lipinski definition) is 2. The molecule has 0 amide bonds. The molecule has 2 aliphatic rings. The summed E-state index contributed by atoms with van der Waals surface area (Å²) in [7, 11) is 0. The molecule has 5 nitrogen and oxygen atoms in total. The van der Waals surface area contributed by atoms with Gasteiger partial charge in [-0.25, -0.2) is 0 Å². The lowest BCUT2D eigenvalue weighted by atomic mass is 10.2. The van der Waals surface area contributed by atoms with Crippen LogP contribution in [0.15, 0.2) is 6.20 Å². The number of aromatic nitrogens is 3. The molecule has 86 valence electrons. The van der Waals surface area contributed by atoms with E-state index in [1.807, 2.05) is 0 Å². The number of nitrogens with one attached hydrogen (secondary N) is 2. The van der Waals surface area contributed by atoms with Gasteiger partial charge in [-0.3, -0.25) is 0 Å². The largest absolute Gasteiger partial charge is 0.366 e. The monoisotopic (exact) mass is 219 g/mol. The van der Waals surface area contributed by atoms with Crippen molar-refractivity contribution in [1.82, 2.24) is 15.2 Å². The molecule has 2 saturated carbocycles. The lowest BCUT2D eigenvalue weighted by Gasteiger charge is -2.12. The van der Waals surface area contributed by atoms with Crippen LogP contribution in [0.4, 0.5) is 11.8 Å². The SMILES string of the molecule is c1nnc(NC2CC2)nc1NC1CCCC1. The molecule has 0 spiro atoms. The summed E-state index contributed by atoms with van der Waals surface area (Å²) in [6.07, 6.45) is 9.29. The van der Waals surface area contributed by atoms with Gasteiger partial charge in [0.25, 0.3) is 0 Å². The van der Waals surface area contributed by atoms with Gasteiger partial charge in [-0.1, -0.05) is 12.8 Å². The molecule has 5 heteroatoms. The highest BCUT2D eigenvalue weighted by Crippen LogP contribution is 2.24. The van der Waals surface area contributed by atoms with E-state index in [2.05, 4.69) is 25.8 Å². The van der Waals surface area contributed by atoms with Gasteiger partial charge in [0.1, 0.15) is 0 Å². The summed E-state index contributed by atoms with van der Waals surface area (Å²) >= 11 is 0. The van der Waals surface area contributed by atoms with Gasteiger partial charge in [-0.2, -0.15) is 10.1 Å². The molecular weight excluding hydrogens is 202 g/mol. The van der Waals surface area contributed by atoms with Crippen LogP contribution in [0.3, 0.4) is 0 Å². The van der Waals surface area contributed by atoms with Crippen molar-refractivity contribution in [3.05, 3.63) is 6.20 Å². The lowest BCUT2D eigenvalue weighted by Crippen LogP contribution is -2.17. The molecule has 1 aromatic rings. The standard InChI is InChI=1S/C11H17N5/c1-2-4-8(3-1)13-10-7-12-16-11(15-10)14-9-5-6-9/h7-9H,1-6H2,(H2,13,14,15,16). The van der Waals surface area contributed by atoms with Crippen LogP contribution in [0.2, 0.25) is 0 Å². The van der Waals surface area contributed by atoms with Crippen molar-refractivity contribution in [1.29, 1.82) is 0 Å². The average molecular weight is 219 g/mol. The number of hydrogen-bond acceptors (Lipinski definition) is 5. The van der Waals surface area contributed by atoms with Crippen LogP contribution in [-0.2, 0) is 0 Å². The van der Waals surface area contributed by atoms with E-state index in [1.165, 1.54) is 38.5 Å². The van der Waals surface area contributed by atoms with Gasteiger partial charge in [-0.05, 0) is 25.7 Å². The predicted octanol–water partition coefficient (Wildman–Crippen LogP) is 1.80. The zero-order chi connectivity index (χ0) is 10.8. The Morgan fingerprint density at radius 1 is 1.00 bits per heavy atom. The van der Waals surface area contributed by atoms with Crippen molar-refractivity contribution in [2.45, 2.75) is 50.6 Å². The molecule has 0 aliphatic heterocycles. The fourth-order valence-corrected chi connectivity index (χ4v) is 2.12. The molecule has 2 fully saturated rings. The second-order valence-corrected chi connectivity index (χ2v) is 4.71. The molecular formula is C11H17N5. The maximum absolute atomic E-state index is 4.42. The highest BCUT2D eigenvalue weighted by atomic mass is 15.3. The van der Waals surface area contributed by atoms with Gasteiger partial charge in [-0.15, -0.1) is 5.10 Å². The highest BCUT2D eigenvalue weighted by Gasteiger charge is 2.22. The maximum Gasteiger partial charge on any atom is 0.244 e. The molecule has 0 saturated heterocycles. The maximum atomic E-state index is 4.42. The Morgan fingerprint density at radius 2 is 1.75 bits per heavy atom. The Labute approximate surface area is 95.1 Å². The molecule has 3 rings (SSSR count). The van der Waals surface area contributed by atoms with Gasteiger partial charge in [0, 0.05) is 12.1 Å². The van der Waals surface area contributed by atoms with E-state index in [0.717, 1.165) is 5.82 Å². The van der Waals surface area contributed by atoms with Crippen molar-refractivity contribution in [3.63, 3.8) is 0 Å². The molecule has 1 aromatic heterocycles. The van der Waals surface area contributed by atoms with E-state index >= 15 is 0 Å². The molecule has 0 radical (unpaired) electrons. The van der Waals surface area contributed by atoms with Crippen LogP contribution >= 0.6 is 0 Å². The first kappa shape index (κ1) is 9.81. The topological polar surface area (TPSA) is 62.7 Å². The molecule has 16 heavy (non-hydrogen) atoms. The fourth-order valence-electron chi connectivity index (χ4n) is 2.12. The van der Waals surface area contributed by atoms with Crippen molar-refractivity contribution in [2.75, 3.05) is 10.6 Å². The second kappa shape index (κ2) is 4.23. The third-order valence-electron chi connectivity index (χ3n) is 3.18. The van der Waals surface area contributed by atoms with Gasteiger partial charge >= 0.3 is 0 Å². The van der Waals surface area contributed by atoms with Crippen LogP contribution in [0.1, 0.15) is 38.5 Å². The average Bonchev–Trinajstić information content (AvgIpc) is 2.94. The summed E-state index contributed by atoms with van der Waals surface area (Å²) in [5.74, 6) is 1.51. The molecule has 1 heterocycles. The molecule has 0 unspecified atom stereocenters. The van der Waals surface area contributed by atoms with E-state index in [4.69, 9.17) is 0 Å². The van der Waals surface area contributed by atoms with Crippen LogP contribution in [-0.4, -0.2) is 27.3 Å². The first-order chi connectivity index (χ1) is 7.90. The summed E-state index contributed by atoms with van der Waals surface area (Å²) in [6.45, 7) is 0. The van der Waals surface area contributed by atoms with E-state index in [9.17, 15) is 0 Å². The van der Waals surface area contributed by atoms with Crippen molar-refractivity contribution >= 4 is 11.8 Å². The Morgan fingerprint density at radius 3 is 2.50 bits per heavy atom. The summed E-state index contributed by atoms with van der Waals surface area (Å²) in [6, 6.07) is 1.15. The minimum absolute atomic E-state index is 0.573. The smallest absolute Gasteiger partial charge is 0.244 e. The number of anilines is 2. The van der Waals surface area contributed by atoms with Crippen LogP contribution in [0.5, 0.6) is 0 Å². The Hall–Kier alpha value is -1.39. The summed E-state index contributed by atoms with van der Waals surface area (Å²) in [4.78, 5) is 4.42. The summed E-state index contributed by atoms with van der Waals surface area (Å²) in [5.41, 5.74) is 0. The van der Waals surface area contributed by atoms with E-state index in [1.54, 1.807) is 6.20 Å². The molecule has 2 N–H and O–H groups in total. The first-order valence-electron chi connectivity index (χ1n) is 6.13. The minimum Gasteiger partial charge on any atom is -0.366 e. The molecule has 2 aliphatic carbocycles. The Bertz CT molecular complexity index is 357. The third-order valence-corrected chi connectivity index (χ3v) is 3.18. The predicted molar refractivity (Wildman–Crippen MR) is 62.4 cm³/mol. The van der Waals surface area contributed by atoms with E-state index in [0.29, 0.717) is 18.0 Å². The highest BCUT2D eigenvalue weighted by molar-refractivity contribution is 5.39. The van der Waals surface area contributed by atoms with Gasteiger partial charge < -0.3 is 10.6 Å². The summed E-state index contributed by atoms with van der Waals surface area (Å²) in [5, 5.41) is 14.6. The van der Waals surface area contributed by atoms with Crippen LogP contribution in [0, 0.1) is 0 Å². The normalized spacial score (nSPS) is 21.0.